The molecule has 0 saturated carbocycles. The molecule has 0 unspecified atom stereocenters. The van der Waals surface area contributed by atoms with Gasteiger partial charge in [0.2, 0.25) is 0 Å². The highest BCUT2D eigenvalue weighted by atomic mass is 35.5. The summed E-state index contributed by atoms with van der Waals surface area (Å²) >= 11 is 5.63. The summed E-state index contributed by atoms with van der Waals surface area (Å²) in [5.74, 6) is -1.25. The van der Waals surface area contributed by atoms with Gasteiger partial charge in [-0.2, -0.15) is 5.10 Å². The number of aromatic amines is 1. The van der Waals surface area contributed by atoms with Crippen LogP contribution in [0, 0.1) is 11.6 Å². The molecule has 3 aromatic rings. The van der Waals surface area contributed by atoms with Gasteiger partial charge in [0.15, 0.2) is 11.5 Å². The highest BCUT2D eigenvalue weighted by molar-refractivity contribution is 6.16. The van der Waals surface area contributed by atoms with Gasteiger partial charge in [0.1, 0.15) is 22.7 Å². The molecule has 0 saturated heterocycles. The molecule has 2 aromatic heterocycles. The Morgan fingerprint density at radius 3 is 2.85 bits per heavy atom. The summed E-state index contributed by atoms with van der Waals surface area (Å²) in [4.78, 5) is 18.4. The van der Waals surface area contributed by atoms with Crippen molar-refractivity contribution < 1.29 is 8.78 Å². The van der Waals surface area contributed by atoms with Gasteiger partial charge < -0.3 is 4.98 Å². The molecule has 0 radical (unpaired) electrons. The molecule has 102 valence electrons. The lowest BCUT2D eigenvalue weighted by Crippen LogP contribution is -2.11. The SMILES string of the molecule is O=c1[nH]c(CCl)nc2c1cnn2-c1ccc(F)cc1F. The molecule has 3 rings (SSSR count). The van der Waals surface area contributed by atoms with Crippen molar-refractivity contribution in [1.29, 1.82) is 0 Å². The third kappa shape index (κ3) is 1.96. The van der Waals surface area contributed by atoms with E-state index in [1.54, 1.807) is 0 Å². The zero-order valence-corrected chi connectivity index (χ0v) is 10.7. The minimum Gasteiger partial charge on any atom is -0.309 e. The highest BCUT2D eigenvalue weighted by Gasteiger charge is 2.14. The maximum atomic E-state index is 13.8. The highest BCUT2D eigenvalue weighted by Crippen LogP contribution is 2.18. The molecular formula is C12H7ClF2N4O. The van der Waals surface area contributed by atoms with Crippen LogP contribution < -0.4 is 5.56 Å². The Morgan fingerprint density at radius 2 is 2.15 bits per heavy atom. The lowest BCUT2D eigenvalue weighted by molar-refractivity contribution is 0.574. The molecule has 0 aliphatic rings. The third-order valence-corrected chi connectivity index (χ3v) is 3.00. The molecule has 1 aromatic carbocycles. The van der Waals surface area contributed by atoms with Crippen molar-refractivity contribution in [3.63, 3.8) is 0 Å². The Bertz CT molecular complexity index is 858. The second kappa shape index (κ2) is 4.68. The Morgan fingerprint density at radius 1 is 1.35 bits per heavy atom. The molecule has 0 bridgehead atoms. The first-order chi connectivity index (χ1) is 9.60. The summed E-state index contributed by atoms with van der Waals surface area (Å²) in [6.07, 6.45) is 1.27. The largest absolute Gasteiger partial charge is 0.309 e. The number of halogens is 3. The zero-order chi connectivity index (χ0) is 14.3. The van der Waals surface area contributed by atoms with E-state index in [0.717, 1.165) is 16.8 Å². The second-order valence-corrected chi connectivity index (χ2v) is 4.30. The quantitative estimate of drug-likeness (QED) is 0.737. The van der Waals surface area contributed by atoms with Gasteiger partial charge in [-0.05, 0) is 12.1 Å². The van der Waals surface area contributed by atoms with Crippen LogP contribution in [0.5, 0.6) is 0 Å². The molecule has 2 heterocycles. The average molecular weight is 297 g/mol. The minimum atomic E-state index is -0.801. The normalized spacial score (nSPS) is 11.2. The van der Waals surface area contributed by atoms with Crippen LogP contribution in [0.15, 0.2) is 29.2 Å². The Kier molecular flexibility index (Phi) is 2.98. The van der Waals surface area contributed by atoms with Crippen LogP contribution in [-0.2, 0) is 5.88 Å². The average Bonchev–Trinajstić information content (AvgIpc) is 2.83. The number of benzene rings is 1. The van der Waals surface area contributed by atoms with E-state index < -0.39 is 17.2 Å². The van der Waals surface area contributed by atoms with E-state index in [-0.39, 0.29) is 28.4 Å². The molecule has 5 nitrogen and oxygen atoms in total. The van der Waals surface area contributed by atoms with Crippen molar-refractivity contribution in [2.24, 2.45) is 0 Å². The van der Waals surface area contributed by atoms with Crippen molar-refractivity contribution in [3.05, 3.63) is 52.2 Å². The zero-order valence-electron chi connectivity index (χ0n) is 9.90. The first kappa shape index (κ1) is 12.7. The van der Waals surface area contributed by atoms with Crippen LogP contribution in [0.25, 0.3) is 16.7 Å². The van der Waals surface area contributed by atoms with Crippen molar-refractivity contribution in [2.75, 3.05) is 0 Å². The number of H-pyrrole nitrogens is 1. The fourth-order valence-electron chi connectivity index (χ4n) is 1.86. The van der Waals surface area contributed by atoms with E-state index in [9.17, 15) is 13.6 Å². The molecule has 0 aliphatic carbocycles. The number of aromatic nitrogens is 4. The van der Waals surface area contributed by atoms with Crippen LogP contribution in [-0.4, -0.2) is 19.7 Å². The summed E-state index contributed by atoms with van der Waals surface area (Å²) in [5.41, 5.74) is -0.255. The van der Waals surface area contributed by atoms with Crippen LogP contribution in [0.1, 0.15) is 5.82 Å². The van der Waals surface area contributed by atoms with Gasteiger partial charge in [-0.3, -0.25) is 4.79 Å². The monoisotopic (exact) mass is 296 g/mol. The summed E-state index contributed by atoms with van der Waals surface area (Å²) in [7, 11) is 0. The first-order valence-corrected chi connectivity index (χ1v) is 6.12. The van der Waals surface area contributed by atoms with Gasteiger partial charge in [-0.15, -0.1) is 11.6 Å². The van der Waals surface area contributed by atoms with Gasteiger partial charge in [0.05, 0.1) is 12.1 Å². The molecular weight excluding hydrogens is 290 g/mol. The lowest BCUT2D eigenvalue weighted by atomic mass is 10.3. The third-order valence-electron chi connectivity index (χ3n) is 2.75. The van der Waals surface area contributed by atoms with Crippen molar-refractivity contribution >= 4 is 22.6 Å². The van der Waals surface area contributed by atoms with Gasteiger partial charge in [-0.1, -0.05) is 0 Å². The van der Waals surface area contributed by atoms with Gasteiger partial charge in [0, 0.05) is 6.07 Å². The Hall–Kier alpha value is -2.28. The van der Waals surface area contributed by atoms with Crippen molar-refractivity contribution in [3.8, 4) is 5.69 Å². The Balaban J connectivity index is 2.31. The topological polar surface area (TPSA) is 63.6 Å². The molecule has 20 heavy (non-hydrogen) atoms. The summed E-state index contributed by atoms with van der Waals surface area (Å²) in [5, 5.41) is 4.12. The maximum absolute atomic E-state index is 13.8. The van der Waals surface area contributed by atoms with E-state index in [4.69, 9.17) is 11.6 Å². The molecule has 8 heteroatoms. The summed E-state index contributed by atoms with van der Waals surface area (Å²) in [6, 6.07) is 3.06. The molecule has 0 atom stereocenters. The van der Waals surface area contributed by atoms with Gasteiger partial charge in [-0.25, -0.2) is 18.4 Å². The van der Waals surface area contributed by atoms with E-state index in [1.807, 2.05) is 0 Å². The van der Waals surface area contributed by atoms with E-state index in [0.29, 0.717) is 0 Å². The number of nitrogens with zero attached hydrogens (tertiary/aromatic N) is 3. The predicted octanol–water partition coefficient (Wildman–Crippen LogP) is 2.13. The molecule has 0 fully saturated rings. The van der Waals surface area contributed by atoms with Crippen molar-refractivity contribution in [1.82, 2.24) is 19.7 Å². The van der Waals surface area contributed by atoms with Crippen LogP contribution in [0.2, 0.25) is 0 Å². The maximum Gasteiger partial charge on any atom is 0.262 e. The van der Waals surface area contributed by atoms with E-state index in [1.165, 1.54) is 12.3 Å². The minimum absolute atomic E-state index is 0.0000208. The van der Waals surface area contributed by atoms with Gasteiger partial charge in [0.25, 0.3) is 5.56 Å². The van der Waals surface area contributed by atoms with Crippen LogP contribution in [0.3, 0.4) is 0 Å². The smallest absolute Gasteiger partial charge is 0.262 e. The number of nitrogens with one attached hydrogen (secondary N) is 1. The molecule has 0 amide bonds. The van der Waals surface area contributed by atoms with Gasteiger partial charge >= 0.3 is 0 Å². The standard InChI is InChI=1S/C12H7ClF2N4O/c13-4-10-17-11-7(12(20)18-10)5-16-19(11)9-2-1-6(14)3-8(9)15/h1-3,5H,4H2,(H,17,18,20). The number of alkyl halides is 1. The predicted molar refractivity (Wildman–Crippen MR) is 69.0 cm³/mol. The molecule has 0 spiro atoms. The number of rotatable bonds is 2. The summed E-state index contributed by atoms with van der Waals surface area (Å²) in [6.45, 7) is 0. The Labute approximate surface area is 115 Å². The number of fused-ring (bicyclic) bond motifs is 1. The second-order valence-electron chi connectivity index (χ2n) is 4.04. The van der Waals surface area contributed by atoms with Crippen LogP contribution in [0.4, 0.5) is 8.78 Å². The molecule has 1 N–H and O–H groups in total. The van der Waals surface area contributed by atoms with E-state index in [2.05, 4.69) is 15.1 Å². The first-order valence-electron chi connectivity index (χ1n) is 5.58. The van der Waals surface area contributed by atoms with E-state index >= 15 is 0 Å². The fourth-order valence-corrected chi connectivity index (χ4v) is 1.98. The van der Waals surface area contributed by atoms with Crippen molar-refractivity contribution in [2.45, 2.75) is 5.88 Å². The fraction of sp³-hybridized carbons (Fsp3) is 0.0833. The summed E-state index contributed by atoms with van der Waals surface area (Å²) < 4.78 is 27.8. The van der Waals surface area contributed by atoms with Crippen LogP contribution >= 0.6 is 11.6 Å². The number of hydrogen-bond donors (Lipinski definition) is 1. The number of hydrogen-bond acceptors (Lipinski definition) is 3. The lowest BCUT2D eigenvalue weighted by Gasteiger charge is -2.05. The molecule has 0 aliphatic heterocycles.